The van der Waals surface area contributed by atoms with Gasteiger partial charge < -0.3 is 9.88 Å². The van der Waals surface area contributed by atoms with Gasteiger partial charge in [0.2, 0.25) is 5.95 Å². The molecule has 0 radical (unpaired) electrons. The summed E-state index contributed by atoms with van der Waals surface area (Å²) in [6.45, 7) is 5.13. The highest BCUT2D eigenvalue weighted by Crippen LogP contribution is 2.43. The topological polar surface area (TPSA) is 88.7 Å². The van der Waals surface area contributed by atoms with E-state index < -0.39 is 6.04 Å². The first kappa shape index (κ1) is 24.8. The van der Waals surface area contributed by atoms with Gasteiger partial charge in [-0.2, -0.15) is 0 Å². The first-order chi connectivity index (χ1) is 19.7. The molecule has 2 atom stereocenters. The molecule has 7 rings (SSSR count). The van der Waals surface area contributed by atoms with Gasteiger partial charge in [0.15, 0.2) is 0 Å². The number of piperazine rings is 1. The van der Waals surface area contributed by atoms with Crippen LogP contribution in [0.3, 0.4) is 0 Å². The summed E-state index contributed by atoms with van der Waals surface area (Å²) in [5.41, 5.74) is 4.23. The lowest BCUT2D eigenvalue weighted by molar-refractivity contribution is -0.128. The number of rotatable bonds is 7. The zero-order valence-electron chi connectivity index (χ0n) is 22.4. The van der Waals surface area contributed by atoms with Crippen LogP contribution in [0.2, 0.25) is 0 Å². The summed E-state index contributed by atoms with van der Waals surface area (Å²) >= 11 is 0. The molecule has 4 aromatic rings. The van der Waals surface area contributed by atoms with Crippen molar-refractivity contribution < 1.29 is 9.59 Å². The minimum absolute atomic E-state index is 0.0710. The van der Waals surface area contributed by atoms with Crippen molar-refractivity contribution in [3.05, 3.63) is 89.9 Å². The lowest BCUT2D eigenvalue weighted by atomic mass is 9.89. The van der Waals surface area contributed by atoms with Crippen LogP contribution in [-0.2, 0) is 11.2 Å². The first-order valence-corrected chi connectivity index (χ1v) is 14.2. The van der Waals surface area contributed by atoms with Gasteiger partial charge in [0.1, 0.15) is 12.1 Å². The monoisotopic (exact) mass is 535 g/mol. The molecule has 9 nitrogen and oxygen atoms in total. The van der Waals surface area contributed by atoms with Crippen LogP contribution in [0.1, 0.15) is 35.7 Å². The fourth-order valence-corrected chi connectivity index (χ4v) is 6.55. The van der Waals surface area contributed by atoms with Gasteiger partial charge in [0.25, 0.3) is 5.91 Å². The largest absolute Gasteiger partial charge is 0.356 e. The molecule has 3 aliphatic heterocycles. The standard InChI is InChI=1S/C31H33N7O2/c39-29-26-21-24-23-11-4-5-12-25(23)34-27(24)28(22-9-2-1-3-10-22)38(26)31(40)37(29)16-7-6-15-35-17-19-36(20-18-35)30-32-13-8-14-33-30/h1-5,8-14,26,28,34H,6-7,15-21H2/t26?,28-/m0/s1. The van der Waals surface area contributed by atoms with Crippen molar-refractivity contribution in [2.45, 2.75) is 31.3 Å². The van der Waals surface area contributed by atoms with Gasteiger partial charge in [0, 0.05) is 68.1 Å². The van der Waals surface area contributed by atoms with Crippen LogP contribution in [-0.4, -0.2) is 86.9 Å². The Kier molecular flexibility index (Phi) is 6.43. The molecule has 204 valence electrons. The number of urea groups is 1. The van der Waals surface area contributed by atoms with Gasteiger partial charge in [-0.3, -0.25) is 19.5 Å². The fourth-order valence-electron chi connectivity index (χ4n) is 6.55. The third-order valence-electron chi connectivity index (χ3n) is 8.56. The number of fused-ring (bicyclic) bond motifs is 4. The Labute approximate surface area is 233 Å². The number of aromatic amines is 1. The quantitative estimate of drug-likeness (QED) is 0.286. The minimum atomic E-state index is -0.474. The van der Waals surface area contributed by atoms with E-state index in [1.165, 1.54) is 4.90 Å². The number of anilines is 1. The van der Waals surface area contributed by atoms with E-state index >= 15 is 0 Å². The van der Waals surface area contributed by atoms with E-state index in [1.807, 2.05) is 53.4 Å². The normalized spacial score (nSPS) is 21.2. The molecule has 3 aliphatic rings. The maximum absolute atomic E-state index is 13.8. The predicted molar refractivity (Wildman–Crippen MR) is 153 cm³/mol. The van der Waals surface area contributed by atoms with Gasteiger partial charge in [-0.1, -0.05) is 48.5 Å². The molecule has 2 aromatic carbocycles. The minimum Gasteiger partial charge on any atom is -0.356 e. The number of aromatic nitrogens is 3. The molecule has 0 spiro atoms. The number of para-hydroxylation sites is 1. The summed E-state index contributed by atoms with van der Waals surface area (Å²) < 4.78 is 0. The van der Waals surface area contributed by atoms with E-state index in [0.717, 1.165) is 79.2 Å². The Morgan fingerprint density at radius 3 is 2.35 bits per heavy atom. The van der Waals surface area contributed by atoms with Crippen molar-refractivity contribution in [3.8, 4) is 0 Å². The van der Waals surface area contributed by atoms with Crippen molar-refractivity contribution in [1.29, 1.82) is 0 Å². The molecule has 0 saturated carbocycles. The molecule has 3 amide bonds. The Morgan fingerprint density at radius 1 is 0.825 bits per heavy atom. The van der Waals surface area contributed by atoms with Crippen LogP contribution < -0.4 is 4.90 Å². The summed E-state index contributed by atoms with van der Waals surface area (Å²) in [7, 11) is 0. The highest BCUT2D eigenvalue weighted by molar-refractivity contribution is 6.05. The van der Waals surface area contributed by atoms with Crippen molar-refractivity contribution in [2.75, 3.05) is 44.2 Å². The maximum Gasteiger partial charge on any atom is 0.328 e. The Hall–Kier alpha value is -4.24. The summed E-state index contributed by atoms with van der Waals surface area (Å²) in [5.74, 6) is 0.718. The number of unbranched alkanes of at least 4 members (excludes halogenated alkanes) is 1. The summed E-state index contributed by atoms with van der Waals surface area (Å²) in [4.78, 5) is 47.8. The second kappa shape index (κ2) is 10.4. The number of benzene rings is 2. The van der Waals surface area contributed by atoms with Crippen LogP contribution in [0.5, 0.6) is 0 Å². The maximum atomic E-state index is 13.8. The molecule has 1 unspecified atom stereocenters. The number of H-pyrrole nitrogens is 1. The third kappa shape index (κ3) is 4.30. The van der Waals surface area contributed by atoms with Crippen LogP contribution in [0.15, 0.2) is 73.1 Å². The lowest BCUT2D eigenvalue weighted by Gasteiger charge is -2.36. The molecule has 40 heavy (non-hydrogen) atoms. The van der Waals surface area contributed by atoms with Crippen molar-refractivity contribution in [1.82, 2.24) is 29.7 Å². The zero-order chi connectivity index (χ0) is 27.1. The van der Waals surface area contributed by atoms with Crippen LogP contribution in [0.4, 0.5) is 10.7 Å². The van der Waals surface area contributed by atoms with Crippen molar-refractivity contribution >= 4 is 28.8 Å². The van der Waals surface area contributed by atoms with Gasteiger partial charge in [-0.05, 0) is 42.6 Å². The number of hydrogen-bond donors (Lipinski definition) is 1. The van der Waals surface area contributed by atoms with E-state index in [2.05, 4.69) is 36.9 Å². The van der Waals surface area contributed by atoms with Gasteiger partial charge in [-0.25, -0.2) is 14.8 Å². The first-order valence-electron chi connectivity index (χ1n) is 14.2. The van der Waals surface area contributed by atoms with E-state index in [0.29, 0.717) is 13.0 Å². The predicted octanol–water partition coefficient (Wildman–Crippen LogP) is 3.84. The summed E-state index contributed by atoms with van der Waals surface area (Å²) in [5, 5.41) is 1.13. The Morgan fingerprint density at radius 2 is 1.55 bits per heavy atom. The summed E-state index contributed by atoms with van der Waals surface area (Å²) in [6, 6.07) is 19.1. The number of carbonyl (C=O) groups is 2. The number of hydrogen-bond acceptors (Lipinski definition) is 6. The smallest absolute Gasteiger partial charge is 0.328 e. The van der Waals surface area contributed by atoms with Crippen molar-refractivity contribution in [2.24, 2.45) is 0 Å². The van der Waals surface area contributed by atoms with Crippen LogP contribution >= 0.6 is 0 Å². The lowest BCUT2D eigenvalue weighted by Crippen LogP contribution is -2.47. The van der Waals surface area contributed by atoms with Gasteiger partial charge in [0.05, 0.1) is 0 Å². The van der Waals surface area contributed by atoms with Gasteiger partial charge in [-0.15, -0.1) is 0 Å². The highest BCUT2D eigenvalue weighted by Gasteiger charge is 2.52. The average molecular weight is 536 g/mol. The highest BCUT2D eigenvalue weighted by atomic mass is 16.2. The van der Waals surface area contributed by atoms with E-state index in [1.54, 1.807) is 12.4 Å². The molecular weight excluding hydrogens is 502 g/mol. The SMILES string of the molecule is O=C1C2Cc3c([nH]c4ccccc34)[C@H](c3ccccc3)N2C(=O)N1CCCCN1CCN(c2ncccn2)CC1. The molecule has 5 heterocycles. The number of nitrogens with one attached hydrogen (secondary N) is 1. The zero-order valence-corrected chi connectivity index (χ0v) is 22.4. The van der Waals surface area contributed by atoms with Crippen molar-refractivity contribution in [3.63, 3.8) is 0 Å². The van der Waals surface area contributed by atoms with E-state index in [4.69, 9.17) is 0 Å². The molecule has 2 saturated heterocycles. The van der Waals surface area contributed by atoms with Crippen LogP contribution in [0, 0.1) is 0 Å². The molecule has 0 aliphatic carbocycles. The molecule has 0 bridgehead atoms. The Balaban J connectivity index is 1.02. The summed E-state index contributed by atoms with van der Waals surface area (Å²) in [6.07, 6.45) is 5.84. The molecule has 2 fully saturated rings. The number of imide groups is 1. The Bertz CT molecular complexity index is 1510. The molecule has 1 N–H and O–H groups in total. The second-order valence-corrected chi connectivity index (χ2v) is 10.9. The fraction of sp³-hybridized carbons (Fsp3) is 0.355. The third-order valence-corrected chi connectivity index (χ3v) is 8.56. The second-order valence-electron chi connectivity index (χ2n) is 10.9. The van der Waals surface area contributed by atoms with E-state index in [9.17, 15) is 9.59 Å². The average Bonchev–Trinajstić information content (AvgIpc) is 3.49. The number of carbonyl (C=O) groups excluding carboxylic acids is 2. The molecule has 2 aromatic heterocycles. The molecular formula is C31H33N7O2. The molecule has 9 heteroatoms. The van der Waals surface area contributed by atoms with Crippen LogP contribution in [0.25, 0.3) is 10.9 Å². The van der Waals surface area contributed by atoms with E-state index in [-0.39, 0.29) is 18.0 Å². The van der Waals surface area contributed by atoms with Gasteiger partial charge >= 0.3 is 6.03 Å². The number of amides is 3. The number of nitrogens with zero attached hydrogens (tertiary/aromatic N) is 6.